The van der Waals surface area contributed by atoms with Gasteiger partial charge in [-0.25, -0.2) is 9.78 Å². The van der Waals surface area contributed by atoms with Crippen molar-refractivity contribution in [3.05, 3.63) is 40.3 Å². The number of esters is 1. The van der Waals surface area contributed by atoms with Crippen molar-refractivity contribution in [1.29, 1.82) is 0 Å². The SMILES string of the molecule is CCOC(=O)c1nc2ccccc2n(C2C[C@H]3CC[C@@H](C2)N3C23CC4CC(C)(CC(C)(C4)C2)C3)c1=O. The maximum absolute atomic E-state index is 13.7. The molecule has 36 heavy (non-hydrogen) atoms. The molecule has 6 fully saturated rings. The van der Waals surface area contributed by atoms with E-state index in [-0.39, 0.29) is 23.9 Å². The van der Waals surface area contributed by atoms with Gasteiger partial charge in [-0.05, 0) is 100 Å². The van der Waals surface area contributed by atoms with Crippen LogP contribution in [0.1, 0.15) is 102 Å². The minimum Gasteiger partial charge on any atom is -0.461 e. The number of para-hydroxylation sites is 2. The van der Waals surface area contributed by atoms with E-state index in [2.05, 4.69) is 23.7 Å². The highest BCUT2D eigenvalue weighted by molar-refractivity contribution is 5.89. The Morgan fingerprint density at radius 1 is 1.00 bits per heavy atom. The van der Waals surface area contributed by atoms with Crippen LogP contribution >= 0.6 is 0 Å². The molecule has 3 heterocycles. The lowest BCUT2D eigenvalue weighted by Crippen LogP contribution is -2.68. The minimum atomic E-state index is -0.613. The van der Waals surface area contributed by atoms with Gasteiger partial charge in [0.25, 0.3) is 5.56 Å². The summed E-state index contributed by atoms with van der Waals surface area (Å²) in [6, 6.07) is 8.88. The average molecular weight is 490 g/mol. The number of rotatable bonds is 4. The lowest BCUT2D eigenvalue weighted by Gasteiger charge is -2.69. The molecular weight excluding hydrogens is 450 g/mol. The van der Waals surface area contributed by atoms with E-state index in [1.807, 2.05) is 28.8 Å². The molecular formula is C30H39N3O3. The lowest BCUT2D eigenvalue weighted by atomic mass is 9.42. The molecule has 0 radical (unpaired) electrons. The third-order valence-corrected chi connectivity index (χ3v) is 10.5. The maximum Gasteiger partial charge on any atom is 0.362 e. The first-order valence-electron chi connectivity index (χ1n) is 14.2. The number of aromatic nitrogens is 2. The van der Waals surface area contributed by atoms with Crippen molar-refractivity contribution in [1.82, 2.24) is 14.5 Å². The van der Waals surface area contributed by atoms with Gasteiger partial charge in [-0.15, -0.1) is 0 Å². The Hall–Kier alpha value is -2.21. The summed E-state index contributed by atoms with van der Waals surface area (Å²) in [5.74, 6) is 0.268. The smallest absolute Gasteiger partial charge is 0.362 e. The van der Waals surface area contributed by atoms with E-state index in [0.29, 0.717) is 34.0 Å². The van der Waals surface area contributed by atoms with E-state index < -0.39 is 5.97 Å². The van der Waals surface area contributed by atoms with Crippen LogP contribution in [0.3, 0.4) is 0 Å². The van der Waals surface area contributed by atoms with Crippen LogP contribution in [0, 0.1) is 16.7 Å². The summed E-state index contributed by atoms with van der Waals surface area (Å²) >= 11 is 0. The topological polar surface area (TPSA) is 64.4 Å². The van der Waals surface area contributed by atoms with Gasteiger partial charge < -0.3 is 9.30 Å². The van der Waals surface area contributed by atoms with Gasteiger partial charge in [-0.2, -0.15) is 0 Å². The van der Waals surface area contributed by atoms with Crippen LogP contribution in [-0.4, -0.2) is 44.6 Å². The maximum atomic E-state index is 13.7. The number of ether oxygens (including phenoxy) is 1. The van der Waals surface area contributed by atoms with Crippen molar-refractivity contribution >= 4 is 17.0 Å². The molecule has 2 aliphatic heterocycles. The number of carbonyl (C=O) groups is 1. The van der Waals surface area contributed by atoms with Gasteiger partial charge in [0.15, 0.2) is 0 Å². The van der Waals surface area contributed by atoms with Gasteiger partial charge in [-0.1, -0.05) is 26.0 Å². The molecule has 6 bridgehead atoms. The Labute approximate surface area is 213 Å². The predicted octanol–water partition coefficient (Wildman–Crippen LogP) is 5.49. The summed E-state index contributed by atoms with van der Waals surface area (Å²) in [4.78, 5) is 33.8. The molecule has 6 nitrogen and oxygen atoms in total. The van der Waals surface area contributed by atoms with E-state index in [1.54, 1.807) is 6.92 Å². The van der Waals surface area contributed by atoms with Crippen LogP contribution in [0.5, 0.6) is 0 Å². The molecule has 0 amide bonds. The molecule has 5 atom stereocenters. The number of benzene rings is 1. The molecule has 1 aromatic carbocycles. The van der Waals surface area contributed by atoms with Gasteiger partial charge >= 0.3 is 5.97 Å². The molecule has 2 saturated heterocycles. The Morgan fingerprint density at radius 2 is 1.67 bits per heavy atom. The second-order valence-electron chi connectivity index (χ2n) is 13.6. The van der Waals surface area contributed by atoms with Crippen molar-refractivity contribution < 1.29 is 9.53 Å². The van der Waals surface area contributed by atoms with Crippen LogP contribution in [0.15, 0.2) is 29.1 Å². The van der Waals surface area contributed by atoms with Crippen LogP contribution in [-0.2, 0) is 4.74 Å². The molecule has 8 rings (SSSR count). The first-order valence-corrected chi connectivity index (χ1v) is 14.2. The van der Waals surface area contributed by atoms with E-state index in [9.17, 15) is 9.59 Å². The Kier molecular flexibility index (Phi) is 4.88. The number of piperidine rings is 1. The lowest BCUT2D eigenvalue weighted by molar-refractivity contribution is -0.180. The number of carbonyl (C=O) groups excluding carboxylic acids is 1. The van der Waals surface area contributed by atoms with E-state index >= 15 is 0 Å². The molecule has 6 heteroatoms. The van der Waals surface area contributed by atoms with Crippen molar-refractivity contribution in [2.75, 3.05) is 6.61 Å². The molecule has 6 aliphatic rings. The fourth-order valence-corrected chi connectivity index (χ4v) is 10.7. The summed E-state index contributed by atoms with van der Waals surface area (Å²) in [6.07, 6.45) is 12.7. The fraction of sp³-hybridized carbons (Fsp3) is 0.700. The van der Waals surface area contributed by atoms with Gasteiger partial charge in [0, 0.05) is 23.7 Å². The molecule has 0 N–H and O–H groups in total. The third-order valence-electron chi connectivity index (χ3n) is 10.5. The number of fused-ring (bicyclic) bond motifs is 3. The van der Waals surface area contributed by atoms with Gasteiger partial charge in [-0.3, -0.25) is 9.69 Å². The van der Waals surface area contributed by atoms with Gasteiger partial charge in [0.05, 0.1) is 17.6 Å². The Bertz CT molecular complexity index is 1270. The molecule has 2 aromatic rings. The molecule has 192 valence electrons. The quantitative estimate of drug-likeness (QED) is 0.532. The van der Waals surface area contributed by atoms with Crippen molar-refractivity contribution in [3.8, 4) is 0 Å². The largest absolute Gasteiger partial charge is 0.461 e. The Morgan fingerprint density at radius 3 is 2.31 bits per heavy atom. The second kappa shape index (κ2) is 7.66. The van der Waals surface area contributed by atoms with E-state index in [0.717, 1.165) is 24.3 Å². The highest BCUT2D eigenvalue weighted by Crippen LogP contribution is 2.69. The molecule has 1 aromatic heterocycles. The number of nitrogens with zero attached hydrogens (tertiary/aromatic N) is 3. The zero-order valence-corrected chi connectivity index (χ0v) is 22.0. The first-order chi connectivity index (χ1) is 17.2. The monoisotopic (exact) mass is 489 g/mol. The summed E-state index contributed by atoms with van der Waals surface area (Å²) in [6.45, 7) is 7.13. The van der Waals surface area contributed by atoms with Crippen LogP contribution in [0.25, 0.3) is 11.0 Å². The van der Waals surface area contributed by atoms with Crippen molar-refractivity contribution in [2.24, 2.45) is 16.7 Å². The highest BCUT2D eigenvalue weighted by Gasteiger charge is 2.64. The zero-order valence-electron chi connectivity index (χ0n) is 22.0. The molecule has 4 aliphatic carbocycles. The van der Waals surface area contributed by atoms with Crippen LogP contribution < -0.4 is 5.56 Å². The number of hydrogen-bond donors (Lipinski definition) is 0. The summed E-state index contributed by atoms with van der Waals surface area (Å²) < 4.78 is 7.11. The molecule has 3 unspecified atom stereocenters. The fourth-order valence-electron chi connectivity index (χ4n) is 10.7. The van der Waals surface area contributed by atoms with E-state index in [1.165, 1.54) is 51.4 Å². The Balaban J connectivity index is 1.26. The van der Waals surface area contributed by atoms with E-state index in [4.69, 9.17) is 4.74 Å². The van der Waals surface area contributed by atoms with Gasteiger partial charge in [0.2, 0.25) is 5.69 Å². The highest BCUT2D eigenvalue weighted by atomic mass is 16.5. The minimum absolute atomic E-state index is 0.0766. The predicted molar refractivity (Wildman–Crippen MR) is 139 cm³/mol. The normalized spacial score (nSPS) is 41.2. The standard InChI is InChI=1S/C30H39N3O3/c1-4-36-27(35)25-26(34)32(24-8-6-5-7-23(24)31-25)22-11-20-9-10-21(12-22)33(20)30-15-19-13-28(2,17-30)16-29(3,14-19)18-30/h5-8,19-22H,4,9-18H2,1-3H3/t19?,20-,21+,22?,28?,29?,30?. The van der Waals surface area contributed by atoms with Gasteiger partial charge in [0.1, 0.15) is 0 Å². The summed E-state index contributed by atoms with van der Waals surface area (Å²) in [5.41, 5.74) is 2.50. The first kappa shape index (κ1) is 22.9. The average Bonchev–Trinajstić information content (AvgIpc) is 3.08. The summed E-state index contributed by atoms with van der Waals surface area (Å²) in [7, 11) is 0. The van der Waals surface area contributed by atoms with Crippen LogP contribution in [0.4, 0.5) is 0 Å². The molecule has 0 spiro atoms. The summed E-state index contributed by atoms with van der Waals surface area (Å²) in [5, 5.41) is 0. The van der Waals surface area contributed by atoms with Crippen molar-refractivity contribution in [2.45, 2.75) is 109 Å². The number of hydrogen-bond acceptors (Lipinski definition) is 5. The van der Waals surface area contributed by atoms with Crippen LogP contribution in [0.2, 0.25) is 0 Å². The molecule has 4 saturated carbocycles. The zero-order chi connectivity index (χ0) is 24.9. The van der Waals surface area contributed by atoms with Crippen molar-refractivity contribution in [3.63, 3.8) is 0 Å². The second-order valence-corrected chi connectivity index (χ2v) is 13.6. The third kappa shape index (κ3) is 3.28.